The molecular formula is C9H19NO3S. The Labute approximate surface area is 85.7 Å². The van der Waals surface area contributed by atoms with Crippen LogP contribution in [0.15, 0.2) is 0 Å². The van der Waals surface area contributed by atoms with E-state index in [-0.39, 0.29) is 11.2 Å². The average Bonchev–Trinajstić information content (AvgIpc) is 2.15. The van der Waals surface area contributed by atoms with Crippen LogP contribution in [0.4, 0.5) is 0 Å². The first kappa shape index (κ1) is 11.9. The van der Waals surface area contributed by atoms with Crippen LogP contribution in [-0.2, 0) is 14.6 Å². The number of ether oxygens (including phenoxy) is 1. The molecule has 1 aliphatic heterocycles. The first-order valence-corrected chi connectivity index (χ1v) is 6.99. The molecule has 0 bridgehead atoms. The first-order chi connectivity index (χ1) is 6.47. The molecule has 0 atom stereocenters. The van der Waals surface area contributed by atoms with Crippen molar-refractivity contribution in [3.63, 3.8) is 0 Å². The standard InChI is InChI=1S/C9H19NO3S/c1-14(11,12)7-4-9(8-10)2-5-13-6-3-9/h2-8,10H2,1H3. The summed E-state index contributed by atoms with van der Waals surface area (Å²) in [6.45, 7) is 1.98. The van der Waals surface area contributed by atoms with E-state index in [9.17, 15) is 8.42 Å². The Morgan fingerprint density at radius 3 is 2.36 bits per heavy atom. The topological polar surface area (TPSA) is 69.4 Å². The molecule has 1 aliphatic rings. The van der Waals surface area contributed by atoms with E-state index in [4.69, 9.17) is 10.5 Å². The van der Waals surface area contributed by atoms with Crippen LogP contribution in [0.25, 0.3) is 0 Å². The summed E-state index contributed by atoms with van der Waals surface area (Å²) in [7, 11) is -2.87. The smallest absolute Gasteiger partial charge is 0.147 e. The Hall–Kier alpha value is -0.130. The van der Waals surface area contributed by atoms with Gasteiger partial charge in [-0.05, 0) is 31.2 Å². The van der Waals surface area contributed by atoms with E-state index >= 15 is 0 Å². The Balaban J connectivity index is 2.52. The largest absolute Gasteiger partial charge is 0.381 e. The minimum atomic E-state index is -2.87. The zero-order chi connectivity index (χ0) is 10.7. The quantitative estimate of drug-likeness (QED) is 0.735. The molecule has 4 nitrogen and oxygen atoms in total. The molecule has 0 aromatic heterocycles. The highest BCUT2D eigenvalue weighted by atomic mass is 32.2. The molecule has 0 aliphatic carbocycles. The third-order valence-electron chi connectivity index (χ3n) is 2.99. The van der Waals surface area contributed by atoms with Crippen molar-refractivity contribution >= 4 is 9.84 Å². The summed E-state index contributed by atoms with van der Waals surface area (Å²) in [6.07, 6.45) is 3.72. The highest BCUT2D eigenvalue weighted by molar-refractivity contribution is 7.90. The van der Waals surface area contributed by atoms with Crippen LogP contribution in [0, 0.1) is 5.41 Å². The number of nitrogens with two attached hydrogens (primary N) is 1. The molecule has 14 heavy (non-hydrogen) atoms. The molecule has 5 heteroatoms. The van der Waals surface area contributed by atoms with Gasteiger partial charge in [0.05, 0.1) is 5.75 Å². The molecule has 84 valence electrons. The van der Waals surface area contributed by atoms with Gasteiger partial charge in [-0.3, -0.25) is 0 Å². The van der Waals surface area contributed by atoms with Gasteiger partial charge in [0.25, 0.3) is 0 Å². The first-order valence-electron chi connectivity index (χ1n) is 4.93. The lowest BCUT2D eigenvalue weighted by atomic mass is 9.78. The fourth-order valence-corrected chi connectivity index (χ4v) is 2.57. The number of sulfone groups is 1. The predicted molar refractivity (Wildman–Crippen MR) is 55.9 cm³/mol. The second-order valence-corrected chi connectivity index (χ2v) is 6.46. The molecule has 0 spiro atoms. The normalized spacial score (nSPS) is 22.1. The van der Waals surface area contributed by atoms with E-state index in [0.717, 1.165) is 12.8 Å². The van der Waals surface area contributed by atoms with Crippen molar-refractivity contribution in [3.05, 3.63) is 0 Å². The molecule has 0 aromatic rings. The van der Waals surface area contributed by atoms with E-state index in [2.05, 4.69) is 0 Å². The van der Waals surface area contributed by atoms with E-state index in [1.54, 1.807) is 0 Å². The Bertz CT molecular complexity index is 268. The van der Waals surface area contributed by atoms with Crippen LogP contribution in [0.1, 0.15) is 19.3 Å². The molecule has 0 amide bonds. The summed E-state index contributed by atoms with van der Waals surface area (Å²) in [5.41, 5.74) is 5.72. The maximum Gasteiger partial charge on any atom is 0.147 e. The maximum absolute atomic E-state index is 11.1. The van der Waals surface area contributed by atoms with Gasteiger partial charge in [-0.15, -0.1) is 0 Å². The fraction of sp³-hybridized carbons (Fsp3) is 1.00. The van der Waals surface area contributed by atoms with Gasteiger partial charge < -0.3 is 10.5 Å². The van der Waals surface area contributed by atoms with Crippen LogP contribution < -0.4 is 5.73 Å². The minimum absolute atomic E-state index is 0.00132. The van der Waals surface area contributed by atoms with Crippen molar-refractivity contribution in [2.45, 2.75) is 19.3 Å². The molecule has 0 saturated carbocycles. The maximum atomic E-state index is 11.1. The molecule has 1 heterocycles. The summed E-state index contributed by atoms with van der Waals surface area (Å²) in [5, 5.41) is 0. The monoisotopic (exact) mass is 221 g/mol. The summed E-state index contributed by atoms with van der Waals surface area (Å²) in [5.74, 6) is 0.240. The highest BCUT2D eigenvalue weighted by Crippen LogP contribution is 2.33. The third-order valence-corrected chi connectivity index (χ3v) is 3.94. The second kappa shape index (κ2) is 4.59. The van der Waals surface area contributed by atoms with Crippen LogP contribution >= 0.6 is 0 Å². The molecule has 1 fully saturated rings. The van der Waals surface area contributed by atoms with Crippen LogP contribution in [0.3, 0.4) is 0 Å². The summed E-state index contributed by atoms with van der Waals surface area (Å²) >= 11 is 0. The van der Waals surface area contributed by atoms with E-state index < -0.39 is 9.84 Å². The van der Waals surface area contributed by atoms with Gasteiger partial charge in [0.1, 0.15) is 9.84 Å². The summed E-state index contributed by atoms with van der Waals surface area (Å²) in [4.78, 5) is 0. The molecule has 0 radical (unpaired) electrons. The predicted octanol–water partition coefficient (Wildman–Crippen LogP) is 0.177. The lowest BCUT2D eigenvalue weighted by Gasteiger charge is -2.35. The molecule has 1 saturated heterocycles. The van der Waals surface area contributed by atoms with Crippen molar-refractivity contribution in [2.75, 3.05) is 31.8 Å². The van der Waals surface area contributed by atoms with Gasteiger partial charge >= 0.3 is 0 Å². The number of hydrogen-bond acceptors (Lipinski definition) is 4. The molecule has 0 unspecified atom stereocenters. The van der Waals surface area contributed by atoms with Gasteiger partial charge in [0.2, 0.25) is 0 Å². The van der Waals surface area contributed by atoms with Crippen molar-refractivity contribution < 1.29 is 13.2 Å². The van der Waals surface area contributed by atoms with Gasteiger partial charge in [-0.25, -0.2) is 8.42 Å². The molecule has 2 N–H and O–H groups in total. The van der Waals surface area contributed by atoms with Crippen LogP contribution in [-0.4, -0.2) is 40.2 Å². The van der Waals surface area contributed by atoms with Gasteiger partial charge in [-0.2, -0.15) is 0 Å². The van der Waals surface area contributed by atoms with Crippen molar-refractivity contribution in [3.8, 4) is 0 Å². The van der Waals surface area contributed by atoms with Gasteiger partial charge in [0.15, 0.2) is 0 Å². The zero-order valence-corrected chi connectivity index (χ0v) is 9.48. The van der Waals surface area contributed by atoms with Gasteiger partial charge in [0, 0.05) is 19.5 Å². The van der Waals surface area contributed by atoms with Crippen LogP contribution in [0.5, 0.6) is 0 Å². The van der Waals surface area contributed by atoms with E-state index in [1.165, 1.54) is 6.26 Å². The number of hydrogen-bond donors (Lipinski definition) is 1. The van der Waals surface area contributed by atoms with Crippen molar-refractivity contribution in [1.29, 1.82) is 0 Å². The minimum Gasteiger partial charge on any atom is -0.381 e. The zero-order valence-electron chi connectivity index (χ0n) is 8.66. The summed E-state index contributed by atoms with van der Waals surface area (Å²) in [6, 6.07) is 0. The Morgan fingerprint density at radius 1 is 1.36 bits per heavy atom. The fourth-order valence-electron chi connectivity index (χ4n) is 1.76. The summed E-state index contributed by atoms with van der Waals surface area (Å²) < 4.78 is 27.4. The molecular weight excluding hydrogens is 202 g/mol. The Morgan fingerprint density at radius 2 is 1.93 bits per heavy atom. The van der Waals surface area contributed by atoms with E-state index in [1.807, 2.05) is 0 Å². The van der Waals surface area contributed by atoms with E-state index in [0.29, 0.717) is 26.2 Å². The molecule has 1 rings (SSSR count). The van der Waals surface area contributed by atoms with Crippen molar-refractivity contribution in [2.24, 2.45) is 11.1 Å². The van der Waals surface area contributed by atoms with Crippen molar-refractivity contribution in [1.82, 2.24) is 0 Å². The number of rotatable bonds is 4. The SMILES string of the molecule is CS(=O)(=O)CCC1(CN)CCOCC1. The Kier molecular flexibility index (Phi) is 3.92. The highest BCUT2D eigenvalue weighted by Gasteiger charge is 2.31. The lowest BCUT2D eigenvalue weighted by molar-refractivity contribution is 0.0175. The van der Waals surface area contributed by atoms with Crippen LogP contribution in [0.2, 0.25) is 0 Å². The second-order valence-electron chi connectivity index (χ2n) is 4.20. The third kappa shape index (κ3) is 3.55. The lowest BCUT2D eigenvalue weighted by Crippen LogP contribution is -2.38. The van der Waals surface area contributed by atoms with Gasteiger partial charge in [-0.1, -0.05) is 0 Å². The average molecular weight is 221 g/mol. The molecule has 0 aromatic carbocycles.